The summed E-state index contributed by atoms with van der Waals surface area (Å²) in [7, 11) is 1.64. The van der Waals surface area contributed by atoms with Crippen LogP contribution in [-0.2, 0) is 19.3 Å². The summed E-state index contributed by atoms with van der Waals surface area (Å²) in [6.07, 6.45) is 9.22. The zero-order valence-electron chi connectivity index (χ0n) is 17.1. The summed E-state index contributed by atoms with van der Waals surface area (Å²) < 4.78 is 5.36. The van der Waals surface area contributed by atoms with Crippen LogP contribution in [0.25, 0.3) is 0 Å². The maximum absolute atomic E-state index is 10.5. The van der Waals surface area contributed by atoms with Crippen molar-refractivity contribution in [1.29, 1.82) is 0 Å². The largest absolute Gasteiger partial charge is 0.508 e. The van der Waals surface area contributed by atoms with Gasteiger partial charge in [-0.3, -0.25) is 0 Å². The first kappa shape index (κ1) is 20.8. The van der Waals surface area contributed by atoms with Crippen LogP contribution in [0, 0.1) is 0 Å². The summed E-state index contributed by atoms with van der Waals surface area (Å²) in [5, 5.41) is 10.5. The lowest BCUT2D eigenvalue weighted by atomic mass is 9.95. The van der Waals surface area contributed by atoms with Crippen molar-refractivity contribution < 1.29 is 9.84 Å². The lowest BCUT2D eigenvalue weighted by molar-refractivity contribution is 0.405. The maximum atomic E-state index is 10.5. The first-order valence-corrected chi connectivity index (χ1v) is 9.71. The van der Waals surface area contributed by atoms with Crippen LogP contribution in [0.1, 0.15) is 50.3 Å². The number of hydrogen-bond donors (Lipinski definition) is 1. The molecule has 2 aromatic carbocycles. The minimum Gasteiger partial charge on any atom is -0.508 e. The first-order chi connectivity index (χ1) is 13.0. The van der Waals surface area contributed by atoms with Crippen molar-refractivity contribution >= 4 is 0 Å². The second kappa shape index (κ2) is 10.6. The van der Waals surface area contributed by atoms with Crippen LogP contribution in [-0.4, -0.2) is 12.2 Å². The highest BCUT2D eigenvalue weighted by Gasteiger charge is 2.11. The second-order valence-electron chi connectivity index (χ2n) is 7.34. The quantitative estimate of drug-likeness (QED) is 0.520. The van der Waals surface area contributed by atoms with Gasteiger partial charge in [0.2, 0.25) is 0 Å². The van der Waals surface area contributed by atoms with Crippen LogP contribution in [0.3, 0.4) is 0 Å². The fourth-order valence-corrected chi connectivity index (χ4v) is 3.15. The fourth-order valence-electron chi connectivity index (χ4n) is 3.15. The Hall–Kier alpha value is -2.48. The van der Waals surface area contributed by atoms with Gasteiger partial charge in [0.1, 0.15) is 11.5 Å². The molecule has 1 N–H and O–H groups in total. The zero-order valence-corrected chi connectivity index (χ0v) is 17.1. The number of rotatable bonds is 9. The Morgan fingerprint density at radius 3 is 2.41 bits per heavy atom. The van der Waals surface area contributed by atoms with Crippen LogP contribution in [0.5, 0.6) is 11.5 Å². The van der Waals surface area contributed by atoms with Crippen LogP contribution in [0.4, 0.5) is 0 Å². The van der Waals surface area contributed by atoms with Gasteiger partial charge in [0.15, 0.2) is 0 Å². The van der Waals surface area contributed by atoms with Crippen LogP contribution in [0.15, 0.2) is 65.8 Å². The Morgan fingerprint density at radius 2 is 1.74 bits per heavy atom. The molecular formula is C25H32O2. The summed E-state index contributed by atoms with van der Waals surface area (Å²) >= 11 is 0. The summed E-state index contributed by atoms with van der Waals surface area (Å²) in [6, 6.07) is 14.2. The molecule has 2 nitrogen and oxygen atoms in total. The van der Waals surface area contributed by atoms with E-state index in [2.05, 4.69) is 63.3 Å². The Balaban J connectivity index is 2.14. The standard InChI is InChI=1S/C25H32O2/c1-19(2)9-8-10-20(3)13-16-24-22(17-23(27-4)18-25(24)26)15-14-21-11-6-5-7-12-21/h5-7,9,11-13,17-18,26H,8,10,14-16H2,1-4H3/b20-13+. The van der Waals surface area contributed by atoms with E-state index in [0.29, 0.717) is 11.5 Å². The highest BCUT2D eigenvalue weighted by molar-refractivity contribution is 5.47. The highest BCUT2D eigenvalue weighted by Crippen LogP contribution is 2.30. The van der Waals surface area contributed by atoms with Crippen molar-refractivity contribution in [1.82, 2.24) is 0 Å². The number of allylic oxidation sites excluding steroid dienone is 4. The Kier molecular flexibility index (Phi) is 8.19. The average Bonchev–Trinajstić information content (AvgIpc) is 2.65. The Bertz CT molecular complexity index is 781. The summed E-state index contributed by atoms with van der Waals surface area (Å²) in [4.78, 5) is 0. The van der Waals surface area contributed by atoms with E-state index in [1.807, 2.05) is 6.07 Å². The van der Waals surface area contributed by atoms with Gasteiger partial charge in [-0.2, -0.15) is 0 Å². The first-order valence-electron chi connectivity index (χ1n) is 9.71. The minimum absolute atomic E-state index is 0.325. The molecular weight excluding hydrogens is 332 g/mol. The average molecular weight is 365 g/mol. The third-order valence-electron chi connectivity index (χ3n) is 4.80. The number of phenols is 1. The molecule has 2 rings (SSSR count). The summed E-state index contributed by atoms with van der Waals surface area (Å²) in [5.74, 6) is 1.04. The molecule has 0 aromatic heterocycles. The Labute approximate surface area is 164 Å². The molecule has 0 saturated carbocycles. The predicted molar refractivity (Wildman–Crippen MR) is 115 cm³/mol. The van der Waals surface area contributed by atoms with Crippen molar-refractivity contribution in [2.24, 2.45) is 0 Å². The maximum Gasteiger partial charge on any atom is 0.123 e. The Morgan fingerprint density at radius 1 is 1.00 bits per heavy atom. The number of benzene rings is 2. The van der Waals surface area contributed by atoms with Gasteiger partial charge in [0, 0.05) is 11.6 Å². The van der Waals surface area contributed by atoms with E-state index in [1.54, 1.807) is 13.2 Å². The predicted octanol–water partition coefficient (Wildman–Crippen LogP) is 6.42. The third-order valence-corrected chi connectivity index (χ3v) is 4.80. The van der Waals surface area contributed by atoms with E-state index in [9.17, 15) is 5.11 Å². The lowest BCUT2D eigenvalue weighted by Gasteiger charge is -2.13. The van der Waals surface area contributed by atoms with E-state index >= 15 is 0 Å². The molecule has 0 bridgehead atoms. The van der Waals surface area contributed by atoms with E-state index in [0.717, 1.165) is 43.2 Å². The smallest absolute Gasteiger partial charge is 0.123 e. The fraction of sp³-hybridized carbons (Fsp3) is 0.360. The number of hydrogen-bond acceptors (Lipinski definition) is 2. The van der Waals surface area contributed by atoms with Crippen LogP contribution in [0.2, 0.25) is 0 Å². The van der Waals surface area contributed by atoms with E-state index in [-0.39, 0.29) is 0 Å². The van der Waals surface area contributed by atoms with Crippen LogP contribution >= 0.6 is 0 Å². The van der Waals surface area contributed by atoms with Crippen molar-refractivity contribution in [2.45, 2.75) is 52.9 Å². The molecule has 0 aliphatic rings. The second-order valence-corrected chi connectivity index (χ2v) is 7.34. The van der Waals surface area contributed by atoms with Gasteiger partial charge in [-0.1, -0.05) is 53.6 Å². The molecule has 0 fully saturated rings. The van der Waals surface area contributed by atoms with Crippen molar-refractivity contribution in [3.05, 3.63) is 82.5 Å². The van der Waals surface area contributed by atoms with Gasteiger partial charge in [-0.25, -0.2) is 0 Å². The molecule has 0 radical (unpaired) electrons. The summed E-state index contributed by atoms with van der Waals surface area (Å²) in [5.41, 5.74) is 6.19. The molecule has 2 heteroatoms. The van der Waals surface area contributed by atoms with Gasteiger partial charge < -0.3 is 9.84 Å². The van der Waals surface area contributed by atoms with E-state index < -0.39 is 0 Å². The van der Waals surface area contributed by atoms with Crippen molar-refractivity contribution in [3.8, 4) is 11.5 Å². The molecule has 144 valence electrons. The molecule has 0 saturated heterocycles. The molecule has 0 heterocycles. The van der Waals surface area contributed by atoms with Gasteiger partial charge in [0.05, 0.1) is 7.11 Å². The molecule has 0 unspecified atom stereocenters. The van der Waals surface area contributed by atoms with Gasteiger partial charge >= 0.3 is 0 Å². The molecule has 0 atom stereocenters. The van der Waals surface area contributed by atoms with Crippen LogP contribution < -0.4 is 4.74 Å². The molecule has 0 aliphatic heterocycles. The van der Waals surface area contributed by atoms with E-state index in [1.165, 1.54) is 16.7 Å². The minimum atomic E-state index is 0.325. The monoisotopic (exact) mass is 364 g/mol. The molecule has 0 amide bonds. The number of phenolic OH excluding ortho intramolecular Hbond substituents is 1. The van der Waals surface area contributed by atoms with Crippen molar-refractivity contribution in [2.75, 3.05) is 7.11 Å². The third kappa shape index (κ3) is 6.97. The molecule has 0 spiro atoms. The highest BCUT2D eigenvalue weighted by atomic mass is 16.5. The number of aryl methyl sites for hydroxylation is 2. The van der Waals surface area contributed by atoms with Gasteiger partial charge in [0.25, 0.3) is 0 Å². The lowest BCUT2D eigenvalue weighted by Crippen LogP contribution is -1.99. The molecule has 27 heavy (non-hydrogen) atoms. The topological polar surface area (TPSA) is 29.5 Å². The van der Waals surface area contributed by atoms with Crippen molar-refractivity contribution in [3.63, 3.8) is 0 Å². The van der Waals surface area contributed by atoms with E-state index in [4.69, 9.17) is 4.74 Å². The number of aromatic hydroxyl groups is 1. The van der Waals surface area contributed by atoms with Gasteiger partial charge in [-0.15, -0.1) is 0 Å². The number of ether oxygens (including phenoxy) is 1. The number of methoxy groups -OCH3 is 1. The molecule has 0 aliphatic carbocycles. The normalized spacial score (nSPS) is 11.3. The molecule has 2 aromatic rings. The SMILES string of the molecule is COc1cc(O)c(C/C=C(\C)CCC=C(C)C)c(CCc2ccccc2)c1. The van der Waals surface area contributed by atoms with Gasteiger partial charge in [-0.05, 0) is 70.1 Å². The summed E-state index contributed by atoms with van der Waals surface area (Å²) in [6.45, 7) is 6.43. The zero-order chi connectivity index (χ0) is 19.6.